The molecule has 9 rings (SSSR count). The van der Waals surface area contributed by atoms with Crippen LogP contribution in [0.3, 0.4) is 0 Å². The molecule has 0 radical (unpaired) electrons. The molecular weight excluding hydrogens is 655 g/mol. The van der Waals surface area contributed by atoms with E-state index in [1.54, 1.807) is 0 Å². The van der Waals surface area contributed by atoms with Crippen molar-refractivity contribution in [2.75, 3.05) is 9.80 Å². The average molecular weight is 701 g/mol. The van der Waals surface area contributed by atoms with Gasteiger partial charge in [0.2, 0.25) is 0 Å². The molecule has 2 aromatic heterocycles. The van der Waals surface area contributed by atoms with Crippen molar-refractivity contribution in [1.82, 2.24) is 9.97 Å². The maximum atomic E-state index is 6.59. The summed E-state index contributed by atoms with van der Waals surface area (Å²) in [4.78, 5) is 24.2. The Morgan fingerprint density at radius 3 is 1.32 bits per heavy atom. The predicted molar refractivity (Wildman–Crippen MR) is 218 cm³/mol. The number of fused-ring (bicyclic) bond motifs is 4. The molecule has 0 N–H and O–H groups in total. The molecule has 0 unspecified atom stereocenters. The Labute approximate surface area is 312 Å². The van der Waals surface area contributed by atoms with E-state index in [4.69, 9.17) is 29.4 Å². The summed E-state index contributed by atoms with van der Waals surface area (Å²) >= 11 is 0. The standard InChI is InChI=1S/C44H45BN6O2/c1-26-48-41(3,4)43(7,8)50(26)38-24-30(18-20-46-38)28-14-16-34-32(22-28)45-33-23-29(15-17-35(33)53-37-13-11-12-36(52-34)40(37)45)31-19-21-47-39(25-31)51-27(2)49-42(5,6)44(51,9)10/h11-25H,1-10H3. The van der Waals surface area contributed by atoms with Gasteiger partial charge in [0, 0.05) is 17.9 Å². The van der Waals surface area contributed by atoms with Crippen LogP contribution in [-0.4, -0.2) is 50.5 Å². The number of hydrogen-bond acceptors (Lipinski definition) is 8. The first-order valence-electron chi connectivity index (χ1n) is 18.5. The van der Waals surface area contributed by atoms with Gasteiger partial charge in [0.1, 0.15) is 46.3 Å². The van der Waals surface area contributed by atoms with Gasteiger partial charge < -0.3 is 19.3 Å². The van der Waals surface area contributed by atoms with E-state index < -0.39 is 0 Å². The van der Waals surface area contributed by atoms with Crippen molar-refractivity contribution < 1.29 is 9.47 Å². The van der Waals surface area contributed by atoms with Crippen LogP contribution in [0.15, 0.2) is 101 Å². The highest BCUT2D eigenvalue weighted by Gasteiger charge is 2.50. The normalized spacial score (nSPS) is 19.4. The molecule has 0 saturated carbocycles. The van der Waals surface area contributed by atoms with Gasteiger partial charge in [0.15, 0.2) is 0 Å². The lowest BCUT2D eigenvalue weighted by molar-refractivity contribution is 0.337. The molecule has 6 heterocycles. The van der Waals surface area contributed by atoms with Gasteiger partial charge in [0.05, 0.1) is 22.2 Å². The van der Waals surface area contributed by atoms with Crippen LogP contribution < -0.4 is 35.7 Å². The first-order valence-corrected chi connectivity index (χ1v) is 18.5. The van der Waals surface area contributed by atoms with Crippen LogP contribution in [0.25, 0.3) is 22.3 Å². The number of ether oxygens (including phenoxy) is 2. The summed E-state index contributed by atoms with van der Waals surface area (Å²) in [5.41, 5.74) is 6.66. The number of amidine groups is 2. The van der Waals surface area contributed by atoms with Gasteiger partial charge in [0.25, 0.3) is 6.71 Å². The maximum absolute atomic E-state index is 6.59. The molecule has 4 aliphatic heterocycles. The van der Waals surface area contributed by atoms with Gasteiger partial charge in [-0.1, -0.05) is 30.3 Å². The summed E-state index contributed by atoms with van der Waals surface area (Å²) in [7, 11) is 0. The zero-order valence-corrected chi connectivity index (χ0v) is 32.2. The van der Waals surface area contributed by atoms with Gasteiger partial charge in [-0.05, 0) is 151 Å². The van der Waals surface area contributed by atoms with Crippen LogP contribution in [0.4, 0.5) is 11.6 Å². The van der Waals surface area contributed by atoms with Crippen molar-refractivity contribution in [3.8, 4) is 45.3 Å². The summed E-state index contributed by atoms with van der Waals surface area (Å²) in [5, 5.41) is 0. The van der Waals surface area contributed by atoms with Crippen LogP contribution in [0, 0.1) is 0 Å². The number of nitrogens with zero attached hydrogens (tertiary/aromatic N) is 6. The molecule has 4 aliphatic rings. The molecule has 0 fully saturated rings. The second-order valence-corrected chi connectivity index (χ2v) is 16.8. The molecule has 0 aliphatic carbocycles. The summed E-state index contributed by atoms with van der Waals surface area (Å²) in [6, 6.07) is 27.7. The van der Waals surface area contributed by atoms with E-state index in [0.717, 1.165) is 84.9 Å². The highest BCUT2D eigenvalue weighted by Crippen LogP contribution is 2.43. The maximum Gasteiger partial charge on any atom is 0.260 e. The van der Waals surface area contributed by atoms with Crippen molar-refractivity contribution in [1.29, 1.82) is 0 Å². The average Bonchev–Trinajstić information content (AvgIpc) is 3.38. The Morgan fingerprint density at radius 1 is 0.509 bits per heavy atom. The lowest BCUT2D eigenvalue weighted by Gasteiger charge is -2.40. The molecule has 0 atom stereocenters. The van der Waals surface area contributed by atoms with Crippen LogP contribution >= 0.6 is 0 Å². The molecule has 0 bridgehead atoms. The second-order valence-electron chi connectivity index (χ2n) is 16.8. The molecule has 0 saturated heterocycles. The fourth-order valence-electron chi connectivity index (χ4n) is 8.68. The number of pyridine rings is 2. The number of rotatable bonds is 4. The molecule has 8 nitrogen and oxygen atoms in total. The van der Waals surface area contributed by atoms with Gasteiger partial charge in [-0.15, -0.1) is 0 Å². The van der Waals surface area contributed by atoms with E-state index in [1.807, 2.05) is 30.6 Å². The summed E-state index contributed by atoms with van der Waals surface area (Å²) in [6.45, 7) is 21.7. The molecule has 53 heavy (non-hydrogen) atoms. The number of benzene rings is 3. The third-order valence-electron chi connectivity index (χ3n) is 12.7. The topological polar surface area (TPSA) is 75.4 Å². The lowest BCUT2D eigenvalue weighted by Crippen LogP contribution is -2.57. The highest BCUT2D eigenvalue weighted by molar-refractivity contribution is 6.98. The summed E-state index contributed by atoms with van der Waals surface area (Å²) in [6.07, 6.45) is 3.80. The van der Waals surface area contributed by atoms with E-state index in [9.17, 15) is 0 Å². The number of hydrogen-bond donors (Lipinski definition) is 0. The fourth-order valence-corrected chi connectivity index (χ4v) is 8.68. The van der Waals surface area contributed by atoms with Crippen molar-refractivity contribution in [3.05, 3.63) is 91.3 Å². The quantitative estimate of drug-likeness (QED) is 0.173. The Bertz CT molecular complexity index is 2270. The molecule has 5 aromatic rings. The highest BCUT2D eigenvalue weighted by atomic mass is 16.5. The minimum atomic E-state index is -0.245. The Hall–Kier alpha value is -5.44. The Morgan fingerprint density at radius 2 is 0.925 bits per heavy atom. The molecule has 266 valence electrons. The Kier molecular flexibility index (Phi) is 6.96. The van der Waals surface area contributed by atoms with Crippen LogP contribution in [0.2, 0.25) is 0 Å². The SMILES string of the molecule is CC1=NC(C)(C)C(C)(C)N1c1cc(-c2ccc3c(c2)B2c4cc(-c5ccnc(N6C(C)=NC(C)(C)C6(C)C)c5)ccc4Oc4cccc(c42)O3)ccn1. The zero-order valence-electron chi connectivity index (χ0n) is 32.2. The molecule has 9 heteroatoms. The largest absolute Gasteiger partial charge is 0.458 e. The van der Waals surface area contributed by atoms with Crippen molar-refractivity contribution in [2.24, 2.45) is 9.98 Å². The predicted octanol–water partition coefficient (Wildman–Crippen LogP) is 8.13. The van der Waals surface area contributed by atoms with Crippen LogP contribution in [0.1, 0.15) is 69.2 Å². The van der Waals surface area contributed by atoms with Crippen LogP contribution in [-0.2, 0) is 0 Å². The molecule has 3 aromatic carbocycles. The van der Waals surface area contributed by atoms with Crippen molar-refractivity contribution in [2.45, 2.75) is 91.4 Å². The number of aromatic nitrogens is 2. The first kappa shape index (κ1) is 33.4. The zero-order chi connectivity index (χ0) is 37.2. The minimum Gasteiger partial charge on any atom is -0.458 e. The number of anilines is 2. The van der Waals surface area contributed by atoms with Crippen molar-refractivity contribution in [3.63, 3.8) is 0 Å². The van der Waals surface area contributed by atoms with E-state index in [-0.39, 0.29) is 28.9 Å². The molecular formula is C44H45BN6O2. The van der Waals surface area contributed by atoms with E-state index in [2.05, 4.69) is 140 Å². The van der Waals surface area contributed by atoms with Gasteiger partial charge in [-0.25, -0.2) is 9.97 Å². The molecule has 0 spiro atoms. The van der Waals surface area contributed by atoms with Gasteiger partial charge >= 0.3 is 0 Å². The first-order chi connectivity index (χ1) is 25.1. The van der Waals surface area contributed by atoms with E-state index in [1.165, 1.54) is 0 Å². The van der Waals surface area contributed by atoms with Crippen LogP contribution in [0.5, 0.6) is 23.0 Å². The fraction of sp³-hybridized carbons (Fsp3) is 0.318. The summed E-state index contributed by atoms with van der Waals surface area (Å²) in [5.74, 6) is 7.07. The number of aliphatic imine (C=N–C) groups is 2. The van der Waals surface area contributed by atoms with Gasteiger partial charge in [-0.2, -0.15) is 0 Å². The smallest absolute Gasteiger partial charge is 0.260 e. The Balaban J connectivity index is 1.14. The summed E-state index contributed by atoms with van der Waals surface area (Å²) < 4.78 is 13.2. The lowest BCUT2D eigenvalue weighted by atomic mass is 9.34. The van der Waals surface area contributed by atoms with E-state index >= 15 is 0 Å². The van der Waals surface area contributed by atoms with Crippen molar-refractivity contribution >= 4 is 46.4 Å². The third-order valence-corrected chi connectivity index (χ3v) is 12.7. The second kappa shape index (κ2) is 11.0. The van der Waals surface area contributed by atoms with Gasteiger partial charge in [-0.3, -0.25) is 9.98 Å². The monoisotopic (exact) mass is 700 g/mol. The third kappa shape index (κ3) is 4.82. The minimum absolute atomic E-state index is 0.0865. The van der Waals surface area contributed by atoms with E-state index in [0.29, 0.717) is 0 Å². The molecule has 0 amide bonds.